The van der Waals surface area contributed by atoms with E-state index in [1.54, 1.807) is 0 Å². The van der Waals surface area contributed by atoms with Crippen molar-refractivity contribution in [3.63, 3.8) is 0 Å². The van der Waals surface area contributed by atoms with Gasteiger partial charge in [0.25, 0.3) is 0 Å². The van der Waals surface area contributed by atoms with Crippen molar-refractivity contribution in [3.8, 4) is 0 Å². The lowest BCUT2D eigenvalue weighted by Gasteiger charge is -2.31. The average molecular weight is 215 g/mol. The van der Waals surface area contributed by atoms with Crippen LogP contribution in [0.4, 0.5) is 0 Å². The molecule has 86 valence electrons. The predicted octanol–water partition coefficient (Wildman–Crippen LogP) is 4.54. The third-order valence-electron chi connectivity index (χ3n) is 2.64. The first-order valence-electron chi connectivity index (χ1n) is 5.53. The van der Waals surface area contributed by atoms with Gasteiger partial charge in [-0.3, -0.25) is 0 Å². The lowest BCUT2D eigenvalue weighted by atomic mass is 10.0. The molecule has 0 amide bonds. The summed E-state index contributed by atoms with van der Waals surface area (Å²) in [5, 5.41) is 0. The van der Waals surface area contributed by atoms with Crippen molar-refractivity contribution in [2.24, 2.45) is 0 Å². The number of nitrogens with zero attached hydrogens (tertiary/aromatic N) is 1. The van der Waals surface area contributed by atoms with Gasteiger partial charge in [0.15, 0.2) is 0 Å². The van der Waals surface area contributed by atoms with Crippen LogP contribution in [-0.4, -0.2) is 4.90 Å². The predicted molar refractivity (Wildman–Crippen MR) is 71.7 cm³/mol. The van der Waals surface area contributed by atoms with Crippen molar-refractivity contribution in [2.45, 2.75) is 34.6 Å². The van der Waals surface area contributed by atoms with Gasteiger partial charge in [-0.05, 0) is 51.3 Å². The van der Waals surface area contributed by atoms with Gasteiger partial charge in [-0.1, -0.05) is 24.8 Å². The minimum atomic E-state index is 1.03. The molecule has 0 saturated heterocycles. The molecule has 0 fully saturated rings. The molecule has 0 atom stereocenters. The Bertz CT molecular complexity index is 426. The van der Waals surface area contributed by atoms with Gasteiger partial charge in [0.05, 0.1) is 0 Å². The molecule has 1 nitrogen and oxygen atoms in total. The van der Waals surface area contributed by atoms with Crippen LogP contribution in [0.2, 0.25) is 0 Å². The normalized spacial score (nSPS) is 15.6. The topological polar surface area (TPSA) is 3.24 Å². The van der Waals surface area contributed by atoms with Crippen molar-refractivity contribution in [2.75, 3.05) is 0 Å². The van der Waals surface area contributed by atoms with Crippen molar-refractivity contribution in [3.05, 3.63) is 59.1 Å². The van der Waals surface area contributed by atoms with Crippen LogP contribution in [0.15, 0.2) is 59.1 Å². The highest BCUT2D eigenvalue weighted by Gasteiger charge is 2.17. The molecule has 0 aliphatic carbocycles. The maximum atomic E-state index is 4.13. The number of hydrogen-bond donors (Lipinski definition) is 0. The zero-order chi connectivity index (χ0) is 12.5. The fourth-order valence-corrected chi connectivity index (χ4v) is 2.01. The Hall–Kier alpha value is -1.50. The molecule has 1 rings (SSSR count). The smallest absolute Gasteiger partial charge is 0.0465 e. The summed E-state index contributed by atoms with van der Waals surface area (Å²) in [4.78, 5) is 2.14. The second kappa shape index (κ2) is 4.56. The first-order chi connectivity index (χ1) is 7.34. The Morgan fingerprint density at radius 1 is 1.19 bits per heavy atom. The van der Waals surface area contributed by atoms with Crippen LogP contribution < -0.4 is 0 Å². The maximum Gasteiger partial charge on any atom is 0.0465 e. The van der Waals surface area contributed by atoms with E-state index in [1.165, 1.54) is 16.7 Å². The number of hydrogen-bond acceptors (Lipinski definition) is 1. The molecule has 0 aromatic rings. The van der Waals surface area contributed by atoms with E-state index in [-0.39, 0.29) is 0 Å². The third kappa shape index (κ3) is 2.35. The summed E-state index contributed by atoms with van der Waals surface area (Å²) in [5.74, 6) is 0. The Morgan fingerprint density at radius 3 is 2.19 bits per heavy atom. The van der Waals surface area contributed by atoms with E-state index < -0.39 is 0 Å². The third-order valence-corrected chi connectivity index (χ3v) is 2.64. The van der Waals surface area contributed by atoms with Gasteiger partial charge in [0.1, 0.15) is 0 Å². The molecule has 0 aromatic heterocycles. The maximum absolute atomic E-state index is 4.13. The summed E-state index contributed by atoms with van der Waals surface area (Å²) in [7, 11) is 0. The second-order valence-electron chi connectivity index (χ2n) is 4.65. The zero-order valence-electron chi connectivity index (χ0n) is 11.0. The van der Waals surface area contributed by atoms with E-state index in [1.807, 2.05) is 6.92 Å². The van der Waals surface area contributed by atoms with Crippen molar-refractivity contribution >= 4 is 0 Å². The highest BCUT2D eigenvalue weighted by molar-refractivity contribution is 5.45. The highest BCUT2D eigenvalue weighted by atomic mass is 15.1. The van der Waals surface area contributed by atoms with Crippen LogP contribution in [0.5, 0.6) is 0 Å². The van der Waals surface area contributed by atoms with Crippen molar-refractivity contribution in [1.82, 2.24) is 4.90 Å². The van der Waals surface area contributed by atoms with Gasteiger partial charge in [0.2, 0.25) is 0 Å². The minimum Gasteiger partial charge on any atom is -0.317 e. The van der Waals surface area contributed by atoms with Gasteiger partial charge >= 0.3 is 0 Å². The SMILES string of the molecule is C=C(C)C(=C(C)C)N1C=C(C)C=C(C)C1=C. The Morgan fingerprint density at radius 2 is 1.75 bits per heavy atom. The first kappa shape index (κ1) is 12.6. The van der Waals surface area contributed by atoms with Gasteiger partial charge in [-0.2, -0.15) is 0 Å². The zero-order valence-corrected chi connectivity index (χ0v) is 11.0. The van der Waals surface area contributed by atoms with E-state index in [2.05, 4.69) is 58.0 Å². The van der Waals surface area contributed by atoms with E-state index in [9.17, 15) is 0 Å². The molecular weight excluding hydrogens is 194 g/mol. The molecule has 1 aliphatic rings. The Balaban J connectivity index is 3.25. The number of rotatable bonds is 2. The summed E-state index contributed by atoms with van der Waals surface area (Å²) >= 11 is 0. The monoisotopic (exact) mass is 215 g/mol. The lowest BCUT2D eigenvalue weighted by Crippen LogP contribution is -2.20. The summed E-state index contributed by atoms with van der Waals surface area (Å²) in [5.41, 5.74) is 6.97. The molecule has 0 N–H and O–H groups in total. The van der Waals surface area contributed by atoms with Crippen LogP contribution in [0.25, 0.3) is 0 Å². The van der Waals surface area contributed by atoms with Crippen molar-refractivity contribution < 1.29 is 0 Å². The van der Waals surface area contributed by atoms with E-state index >= 15 is 0 Å². The molecule has 0 unspecified atom stereocenters. The van der Waals surface area contributed by atoms with Gasteiger partial charge in [0, 0.05) is 17.6 Å². The average Bonchev–Trinajstić information content (AvgIpc) is 2.12. The van der Waals surface area contributed by atoms with Gasteiger partial charge < -0.3 is 4.90 Å². The second-order valence-corrected chi connectivity index (χ2v) is 4.65. The Kier molecular flexibility index (Phi) is 3.58. The molecular formula is C15H21N. The summed E-state index contributed by atoms with van der Waals surface area (Å²) in [6, 6.07) is 0. The van der Waals surface area contributed by atoms with E-state index in [0.717, 1.165) is 17.0 Å². The molecule has 0 radical (unpaired) electrons. The van der Waals surface area contributed by atoms with Crippen LogP contribution in [0, 0.1) is 0 Å². The quantitative estimate of drug-likeness (QED) is 0.611. The molecule has 0 aromatic carbocycles. The highest BCUT2D eigenvalue weighted by Crippen LogP contribution is 2.30. The molecule has 1 aliphatic heterocycles. The van der Waals surface area contributed by atoms with Crippen molar-refractivity contribution in [1.29, 1.82) is 0 Å². The van der Waals surface area contributed by atoms with Gasteiger partial charge in [-0.25, -0.2) is 0 Å². The number of allylic oxidation sites excluding steroid dienone is 5. The summed E-state index contributed by atoms with van der Waals surface area (Å²) in [6.07, 6.45) is 4.27. The van der Waals surface area contributed by atoms with Crippen LogP contribution in [0.3, 0.4) is 0 Å². The standard InChI is InChI=1S/C15H21N/c1-10(2)15(11(3)4)16-9-12(5)8-13(6)14(16)7/h8-9H,1,7H2,2-6H3. The molecule has 16 heavy (non-hydrogen) atoms. The largest absolute Gasteiger partial charge is 0.317 e. The molecule has 0 saturated carbocycles. The fourth-order valence-electron chi connectivity index (χ4n) is 2.01. The minimum absolute atomic E-state index is 1.03. The van der Waals surface area contributed by atoms with E-state index in [4.69, 9.17) is 0 Å². The lowest BCUT2D eigenvalue weighted by molar-refractivity contribution is 0.577. The summed E-state index contributed by atoms with van der Waals surface area (Å²) in [6.45, 7) is 18.6. The van der Waals surface area contributed by atoms with Crippen LogP contribution in [-0.2, 0) is 0 Å². The van der Waals surface area contributed by atoms with Crippen LogP contribution in [0.1, 0.15) is 34.6 Å². The molecule has 0 bridgehead atoms. The Labute approximate surface area is 99.2 Å². The summed E-state index contributed by atoms with van der Waals surface area (Å²) < 4.78 is 0. The molecule has 0 spiro atoms. The van der Waals surface area contributed by atoms with E-state index in [0.29, 0.717) is 0 Å². The first-order valence-corrected chi connectivity index (χ1v) is 5.53. The van der Waals surface area contributed by atoms with Crippen LogP contribution >= 0.6 is 0 Å². The molecule has 1 heterocycles. The fraction of sp³-hybridized carbons (Fsp3) is 0.333. The van der Waals surface area contributed by atoms with Gasteiger partial charge in [-0.15, -0.1) is 0 Å². The molecule has 1 heteroatoms.